The summed E-state index contributed by atoms with van der Waals surface area (Å²) < 4.78 is 0. The lowest BCUT2D eigenvalue weighted by Crippen LogP contribution is -2.45. The highest BCUT2D eigenvalue weighted by Gasteiger charge is 2.26. The number of para-hydroxylation sites is 1. The van der Waals surface area contributed by atoms with E-state index in [1.54, 1.807) is 22.1 Å². The second-order valence-corrected chi connectivity index (χ2v) is 6.37. The average Bonchev–Trinajstić information content (AvgIpc) is 3.12. The van der Waals surface area contributed by atoms with Crippen LogP contribution in [0.5, 0.6) is 0 Å². The minimum atomic E-state index is -0.0534. The van der Waals surface area contributed by atoms with Crippen LogP contribution in [0.2, 0.25) is 0 Å². The van der Waals surface area contributed by atoms with Crippen molar-refractivity contribution in [3.63, 3.8) is 0 Å². The van der Waals surface area contributed by atoms with Crippen LogP contribution < -0.4 is 9.80 Å². The number of hydrogen-bond acceptors (Lipinski definition) is 4. The number of fused-ring (bicyclic) bond motifs is 1. The summed E-state index contributed by atoms with van der Waals surface area (Å²) in [5.74, 6) is -0.0534. The van der Waals surface area contributed by atoms with E-state index >= 15 is 0 Å². The van der Waals surface area contributed by atoms with Crippen molar-refractivity contribution >= 4 is 23.7 Å². The van der Waals surface area contributed by atoms with Gasteiger partial charge in [0, 0.05) is 38.4 Å². The first-order chi connectivity index (χ1) is 12.3. The fourth-order valence-electron chi connectivity index (χ4n) is 3.47. The summed E-state index contributed by atoms with van der Waals surface area (Å²) in [6.45, 7) is 3.71. The number of nitrogens with zero attached hydrogens (tertiary/aromatic N) is 4. The van der Waals surface area contributed by atoms with Crippen molar-refractivity contribution in [1.29, 1.82) is 0 Å². The van der Waals surface area contributed by atoms with Crippen LogP contribution in [-0.4, -0.2) is 54.9 Å². The number of aromatic nitrogens is 1. The molecule has 128 valence electrons. The Labute approximate surface area is 146 Å². The average molecular weight is 336 g/mol. The molecule has 0 N–H and O–H groups in total. The summed E-state index contributed by atoms with van der Waals surface area (Å²) in [5, 5.41) is 0. The first kappa shape index (κ1) is 15.6. The van der Waals surface area contributed by atoms with Crippen LogP contribution in [0.4, 0.5) is 11.4 Å². The van der Waals surface area contributed by atoms with Crippen molar-refractivity contribution in [2.75, 3.05) is 42.5 Å². The smallest absolute Gasteiger partial charge is 0.276 e. The van der Waals surface area contributed by atoms with E-state index in [2.05, 4.69) is 16.0 Å². The van der Waals surface area contributed by atoms with Gasteiger partial charge in [-0.15, -0.1) is 0 Å². The monoisotopic (exact) mass is 336 g/mol. The summed E-state index contributed by atoms with van der Waals surface area (Å²) >= 11 is 0. The third-order valence-electron chi connectivity index (χ3n) is 4.93. The number of carbonyl (C=O) groups excluding carboxylic acids is 2. The lowest BCUT2D eigenvalue weighted by Gasteiger charge is -2.33. The molecular formula is C19H20N4O2. The Bertz CT molecular complexity index is 782. The molecule has 3 heterocycles. The fraction of sp³-hybridized carbons (Fsp3) is 0.316. The normalized spacial score (nSPS) is 16.7. The first-order valence-corrected chi connectivity index (χ1v) is 8.56. The van der Waals surface area contributed by atoms with Crippen molar-refractivity contribution in [2.45, 2.75) is 6.42 Å². The molecular weight excluding hydrogens is 316 g/mol. The largest absolute Gasteiger partial charge is 0.367 e. The van der Waals surface area contributed by atoms with Gasteiger partial charge in [0.05, 0.1) is 11.9 Å². The Balaban J connectivity index is 1.47. The molecule has 0 atom stereocenters. The van der Waals surface area contributed by atoms with Gasteiger partial charge in [-0.1, -0.05) is 18.2 Å². The summed E-state index contributed by atoms with van der Waals surface area (Å²) in [5.41, 5.74) is 3.65. The van der Waals surface area contributed by atoms with E-state index in [4.69, 9.17) is 0 Å². The summed E-state index contributed by atoms with van der Waals surface area (Å²) in [4.78, 5) is 33.7. The van der Waals surface area contributed by atoms with Gasteiger partial charge in [0.25, 0.3) is 5.91 Å². The van der Waals surface area contributed by atoms with Crippen molar-refractivity contribution < 1.29 is 9.59 Å². The molecule has 0 radical (unpaired) electrons. The van der Waals surface area contributed by atoms with E-state index < -0.39 is 0 Å². The maximum absolute atomic E-state index is 12.8. The van der Waals surface area contributed by atoms with Gasteiger partial charge >= 0.3 is 0 Å². The predicted molar refractivity (Wildman–Crippen MR) is 95.9 cm³/mol. The van der Waals surface area contributed by atoms with Gasteiger partial charge in [-0.05, 0) is 30.2 Å². The molecule has 4 rings (SSSR count). The molecule has 0 bridgehead atoms. The van der Waals surface area contributed by atoms with Crippen LogP contribution >= 0.6 is 0 Å². The zero-order valence-corrected chi connectivity index (χ0v) is 14.0. The number of benzene rings is 1. The molecule has 0 spiro atoms. The lowest BCUT2D eigenvalue weighted by atomic mass is 10.2. The number of carbonyl (C=O) groups is 2. The van der Waals surface area contributed by atoms with Gasteiger partial charge in [0.15, 0.2) is 0 Å². The van der Waals surface area contributed by atoms with Crippen LogP contribution in [0.15, 0.2) is 42.6 Å². The maximum Gasteiger partial charge on any atom is 0.276 e. The van der Waals surface area contributed by atoms with E-state index in [-0.39, 0.29) is 5.91 Å². The lowest BCUT2D eigenvalue weighted by molar-refractivity contribution is -0.118. The van der Waals surface area contributed by atoms with E-state index in [9.17, 15) is 9.59 Å². The number of pyridine rings is 1. The number of rotatable bonds is 3. The first-order valence-electron chi connectivity index (χ1n) is 8.56. The summed E-state index contributed by atoms with van der Waals surface area (Å²) in [6, 6.07) is 11.8. The van der Waals surface area contributed by atoms with E-state index in [1.807, 2.05) is 24.3 Å². The van der Waals surface area contributed by atoms with E-state index in [0.29, 0.717) is 12.2 Å². The van der Waals surface area contributed by atoms with Crippen molar-refractivity contribution in [3.05, 3.63) is 53.9 Å². The second-order valence-electron chi connectivity index (χ2n) is 6.37. The molecule has 2 amide bonds. The van der Waals surface area contributed by atoms with Crippen molar-refractivity contribution in [2.24, 2.45) is 0 Å². The summed E-state index contributed by atoms with van der Waals surface area (Å²) in [6.07, 6.45) is 3.54. The van der Waals surface area contributed by atoms with Crippen LogP contribution in [0.1, 0.15) is 16.1 Å². The van der Waals surface area contributed by atoms with Crippen LogP contribution in [0.25, 0.3) is 0 Å². The van der Waals surface area contributed by atoms with Gasteiger partial charge in [0.2, 0.25) is 6.41 Å². The number of amides is 2. The molecule has 0 unspecified atom stereocenters. The molecule has 1 fully saturated rings. The topological polar surface area (TPSA) is 56.8 Å². The quantitative estimate of drug-likeness (QED) is 0.798. The van der Waals surface area contributed by atoms with Crippen LogP contribution in [0.3, 0.4) is 0 Å². The van der Waals surface area contributed by atoms with E-state index in [1.165, 1.54) is 5.56 Å². The fourth-order valence-corrected chi connectivity index (χ4v) is 3.47. The molecule has 1 aromatic heterocycles. The third-order valence-corrected chi connectivity index (χ3v) is 4.93. The molecule has 0 saturated carbocycles. The number of hydrogen-bond donors (Lipinski definition) is 0. The van der Waals surface area contributed by atoms with Gasteiger partial charge in [-0.3, -0.25) is 9.59 Å². The highest BCUT2D eigenvalue weighted by Crippen LogP contribution is 2.28. The number of anilines is 2. The van der Waals surface area contributed by atoms with E-state index in [0.717, 1.165) is 50.4 Å². The molecule has 2 aromatic rings. The highest BCUT2D eigenvalue weighted by molar-refractivity contribution is 6.06. The minimum Gasteiger partial charge on any atom is -0.367 e. The Morgan fingerprint density at radius 3 is 2.52 bits per heavy atom. The number of piperazine rings is 1. The zero-order chi connectivity index (χ0) is 17.2. The molecule has 6 nitrogen and oxygen atoms in total. The summed E-state index contributed by atoms with van der Waals surface area (Å²) in [7, 11) is 0. The second kappa shape index (κ2) is 6.55. The standard InChI is InChI=1S/C19H20N4O2/c24-14-21-9-11-22(12-10-21)16-5-6-17(20-13-16)19(25)23-8-7-15-3-1-2-4-18(15)23/h1-6,13-14H,7-12H2. The molecule has 25 heavy (non-hydrogen) atoms. The Morgan fingerprint density at radius 1 is 1.00 bits per heavy atom. The molecule has 0 aliphatic carbocycles. The van der Waals surface area contributed by atoms with Gasteiger partial charge in [-0.2, -0.15) is 0 Å². The zero-order valence-electron chi connectivity index (χ0n) is 14.0. The van der Waals surface area contributed by atoms with Gasteiger partial charge in [0.1, 0.15) is 5.69 Å². The molecule has 2 aliphatic rings. The maximum atomic E-state index is 12.8. The Hall–Kier alpha value is -2.89. The molecule has 1 aromatic carbocycles. The van der Waals surface area contributed by atoms with Crippen molar-refractivity contribution in [1.82, 2.24) is 9.88 Å². The van der Waals surface area contributed by atoms with Gasteiger partial charge in [-0.25, -0.2) is 4.98 Å². The molecule has 2 aliphatic heterocycles. The SMILES string of the molecule is O=CN1CCN(c2ccc(C(=O)N3CCc4ccccc43)nc2)CC1. The molecule has 6 heteroatoms. The van der Waals surface area contributed by atoms with Crippen LogP contribution in [0, 0.1) is 0 Å². The Kier molecular flexibility index (Phi) is 4.09. The third kappa shape index (κ3) is 2.95. The predicted octanol–water partition coefficient (Wildman–Crippen LogP) is 1.56. The van der Waals surface area contributed by atoms with Crippen LogP contribution in [-0.2, 0) is 11.2 Å². The highest BCUT2D eigenvalue weighted by atomic mass is 16.2. The molecule has 1 saturated heterocycles. The van der Waals surface area contributed by atoms with Crippen molar-refractivity contribution in [3.8, 4) is 0 Å². The minimum absolute atomic E-state index is 0.0534. The van der Waals surface area contributed by atoms with Gasteiger partial charge < -0.3 is 14.7 Å². The Morgan fingerprint density at radius 2 is 1.80 bits per heavy atom.